The molecule has 0 bridgehead atoms. The summed E-state index contributed by atoms with van der Waals surface area (Å²) < 4.78 is 11.2. The molecule has 4 rings (SSSR count). The fraction of sp³-hybridized carbons (Fsp3) is 0.559. The molecule has 266 valence electrons. The number of carboxylic acids is 1. The molecular weight excluding hydrogens is 636 g/mol. The van der Waals surface area contributed by atoms with Crippen LogP contribution in [0.2, 0.25) is 0 Å². The fourth-order valence-electron chi connectivity index (χ4n) is 5.97. The lowest BCUT2D eigenvalue weighted by atomic mass is 10.1. The van der Waals surface area contributed by atoms with Gasteiger partial charge < -0.3 is 39.9 Å². The molecule has 2 saturated heterocycles. The van der Waals surface area contributed by atoms with Crippen LogP contribution in [0, 0.1) is 6.92 Å². The molecule has 3 atom stereocenters. The third kappa shape index (κ3) is 9.36. The second-order valence-corrected chi connectivity index (χ2v) is 12.2. The van der Waals surface area contributed by atoms with E-state index < -0.39 is 42.1 Å². The van der Waals surface area contributed by atoms with Crippen LogP contribution in [0.1, 0.15) is 68.9 Å². The van der Waals surface area contributed by atoms with Crippen LogP contribution in [0.15, 0.2) is 24.3 Å². The van der Waals surface area contributed by atoms with E-state index >= 15 is 0 Å². The highest BCUT2D eigenvalue weighted by Crippen LogP contribution is 2.29. The molecule has 3 heterocycles. The summed E-state index contributed by atoms with van der Waals surface area (Å²) in [5, 5.41) is 15.4. The third-order valence-corrected chi connectivity index (χ3v) is 8.57. The first kappa shape index (κ1) is 36.9. The monoisotopic (exact) mass is 682 g/mol. The number of amides is 5. The van der Waals surface area contributed by atoms with Crippen molar-refractivity contribution in [2.75, 3.05) is 45.9 Å². The molecule has 15 nitrogen and oxygen atoms in total. The van der Waals surface area contributed by atoms with Crippen LogP contribution in [-0.2, 0) is 23.9 Å². The third-order valence-electron chi connectivity index (χ3n) is 8.57. The van der Waals surface area contributed by atoms with E-state index in [1.54, 1.807) is 26.0 Å². The summed E-state index contributed by atoms with van der Waals surface area (Å²) >= 11 is 0. The Hall–Kier alpha value is -4.95. The van der Waals surface area contributed by atoms with Crippen molar-refractivity contribution >= 4 is 46.6 Å². The van der Waals surface area contributed by atoms with Crippen molar-refractivity contribution < 1.29 is 43.3 Å². The number of rotatable bonds is 13. The molecule has 2 fully saturated rings. The average molecular weight is 683 g/mol. The minimum atomic E-state index is -1.18. The topological polar surface area (TPSA) is 188 Å². The maximum absolute atomic E-state index is 13.7. The number of aryl methyl sites for hydroxylation is 1. The Labute approximate surface area is 285 Å². The molecule has 2 unspecified atom stereocenters. The van der Waals surface area contributed by atoms with Crippen LogP contribution in [0.25, 0.3) is 10.9 Å². The molecule has 0 saturated carbocycles. The highest BCUT2D eigenvalue weighted by molar-refractivity contribution is 6.00. The number of carboxylic acid groups (broad SMARTS) is 1. The summed E-state index contributed by atoms with van der Waals surface area (Å²) in [6.07, 6.45) is 0.00864. The second-order valence-electron chi connectivity index (χ2n) is 12.2. The number of carbonyl (C=O) groups excluding carboxylic acids is 5. The summed E-state index contributed by atoms with van der Waals surface area (Å²) in [6.45, 7) is 9.10. The number of nitrogens with zero attached hydrogens (tertiary/aromatic N) is 4. The van der Waals surface area contributed by atoms with Gasteiger partial charge in [0.15, 0.2) is 6.10 Å². The average Bonchev–Trinajstić information content (AvgIpc) is 3.58. The van der Waals surface area contributed by atoms with Crippen LogP contribution in [-0.4, -0.2) is 125 Å². The first-order valence-corrected chi connectivity index (χ1v) is 16.8. The Bertz CT molecular complexity index is 1560. The van der Waals surface area contributed by atoms with Crippen LogP contribution in [0.4, 0.5) is 4.79 Å². The van der Waals surface area contributed by atoms with E-state index in [0.717, 1.165) is 12.0 Å². The Kier molecular flexibility index (Phi) is 12.7. The van der Waals surface area contributed by atoms with E-state index in [1.807, 2.05) is 19.9 Å². The molecule has 49 heavy (non-hydrogen) atoms. The first-order chi connectivity index (χ1) is 23.4. The number of pyridine rings is 1. The molecule has 2 aliphatic rings. The van der Waals surface area contributed by atoms with Crippen molar-refractivity contribution in [3.05, 3.63) is 35.5 Å². The van der Waals surface area contributed by atoms with Gasteiger partial charge in [-0.25, -0.2) is 9.78 Å². The van der Waals surface area contributed by atoms with Gasteiger partial charge in [0, 0.05) is 57.1 Å². The Morgan fingerprint density at radius 1 is 1.00 bits per heavy atom. The zero-order chi connectivity index (χ0) is 35.7. The zero-order valence-corrected chi connectivity index (χ0v) is 28.5. The van der Waals surface area contributed by atoms with Crippen LogP contribution >= 0.6 is 0 Å². The summed E-state index contributed by atoms with van der Waals surface area (Å²) in [5.74, 6) is -2.68. The maximum Gasteiger partial charge on any atom is 0.409 e. The molecule has 15 heteroatoms. The van der Waals surface area contributed by atoms with Crippen molar-refractivity contribution in [3.8, 4) is 5.75 Å². The van der Waals surface area contributed by atoms with Gasteiger partial charge in [0.25, 0.3) is 11.8 Å². The lowest BCUT2D eigenvalue weighted by Crippen LogP contribution is -2.56. The molecule has 0 spiro atoms. The van der Waals surface area contributed by atoms with Gasteiger partial charge >= 0.3 is 12.1 Å². The predicted molar refractivity (Wildman–Crippen MR) is 178 cm³/mol. The van der Waals surface area contributed by atoms with Gasteiger partial charge in [-0.1, -0.05) is 13.0 Å². The van der Waals surface area contributed by atoms with Gasteiger partial charge in [-0.15, -0.1) is 0 Å². The fourth-order valence-corrected chi connectivity index (χ4v) is 5.97. The van der Waals surface area contributed by atoms with Crippen LogP contribution in [0.3, 0.4) is 0 Å². The summed E-state index contributed by atoms with van der Waals surface area (Å²) in [6, 6.07) is 5.01. The SMILES string of the molecule is CCCNC(=O)C1CCCN1C(=O)[C@@H](C)Oc1cc(C(=O)NC(CCC(=O)O)C(=O)N2CCN(C(=O)OCC)CC2)nc2cc(C)ccc12. The van der Waals surface area contributed by atoms with Crippen LogP contribution in [0.5, 0.6) is 5.75 Å². The first-order valence-electron chi connectivity index (χ1n) is 16.8. The highest BCUT2D eigenvalue weighted by Gasteiger charge is 2.37. The Morgan fingerprint density at radius 3 is 2.39 bits per heavy atom. The van der Waals surface area contributed by atoms with E-state index in [-0.39, 0.29) is 68.9 Å². The number of aromatic nitrogens is 1. The molecule has 1 aromatic carbocycles. The van der Waals surface area contributed by atoms with E-state index in [4.69, 9.17) is 9.47 Å². The normalized spacial score (nSPS) is 17.3. The Morgan fingerprint density at radius 2 is 1.71 bits per heavy atom. The lowest BCUT2D eigenvalue weighted by Gasteiger charge is -2.35. The number of likely N-dealkylation sites (tertiary alicyclic amines) is 1. The van der Waals surface area contributed by atoms with Crippen molar-refractivity contribution in [2.45, 2.75) is 78.0 Å². The van der Waals surface area contributed by atoms with E-state index in [2.05, 4.69) is 15.6 Å². The quantitative estimate of drug-likeness (QED) is 0.282. The van der Waals surface area contributed by atoms with Gasteiger partial charge in [0.1, 0.15) is 23.5 Å². The Balaban J connectivity index is 1.54. The summed E-state index contributed by atoms with van der Waals surface area (Å²) in [4.78, 5) is 86.1. The van der Waals surface area contributed by atoms with Crippen molar-refractivity contribution in [1.82, 2.24) is 30.3 Å². The number of hydrogen-bond acceptors (Lipinski definition) is 9. The molecule has 5 amide bonds. The molecule has 2 aliphatic heterocycles. The number of piperazine rings is 1. The predicted octanol–water partition coefficient (Wildman–Crippen LogP) is 2.09. The van der Waals surface area contributed by atoms with Crippen molar-refractivity contribution in [1.29, 1.82) is 0 Å². The van der Waals surface area contributed by atoms with Crippen LogP contribution < -0.4 is 15.4 Å². The van der Waals surface area contributed by atoms with Crippen molar-refractivity contribution in [3.63, 3.8) is 0 Å². The lowest BCUT2D eigenvalue weighted by molar-refractivity contribution is -0.143. The molecule has 0 aliphatic carbocycles. The van der Waals surface area contributed by atoms with Crippen molar-refractivity contribution in [2.24, 2.45) is 0 Å². The minimum Gasteiger partial charge on any atom is -0.481 e. The number of ether oxygens (including phenoxy) is 2. The van der Waals surface area contributed by atoms with Gasteiger partial charge in [0.05, 0.1) is 12.1 Å². The zero-order valence-electron chi connectivity index (χ0n) is 28.5. The number of benzene rings is 1. The molecule has 2 aromatic rings. The number of fused-ring (bicyclic) bond motifs is 1. The second kappa shape index (κ2) is 16.9. The molecule has 1 aromatic heterocycles. The van der Waals surface area contributed by atoms with Gasteiger partial charge in [-0.2, -0.15) is 0 Å². The molecule has 3 N–H and O–H groups in total. The summed E-state index contributed by atoms with van der Waals surface area (Å²) in [5.41, 5.74) is 1.19. The largest absolute Gasteiger partial charge is 0.481 e. The minimum absolute atomic E-state index is 0.0917. The molecular formula is C34H46N6O9. The molecule has 0 radical (unpaired) electrons. The number of nitrogens with one attached hydrogen (secondary N) is 2. The number of hydrogen-bond donors (Lipinski definition) is 3. The van der Waals surface area contributed by atoms with E-state index in [0.29, 0.717) is 36.8 Å². The van der Waals surface area contributed by atoms with Gasteiger partial charge in [-0.3, -0.25) is 24.0 Å². The smallest absolute Gasteiger partial charge is 0.409 e. The van der Waals surface area contributed by atoms with E-state index in [9.17, 15) is 33.9 Å². The number of aliphatic carboxylic acids is 1. The van der Waals surface area contributed by atoms with Gasteiger partial charge in [-0.05, 0) is 64.2 Å². The standard InChI is InChI=1S/C34H46N6O9/c1-5-13-35-31(44)27-8-7-14-40(27)32(45)22(4)49-28-20-26(36-25-19-21(3)9-10-23(25)28)30(43)37-24(11-12-29(41)42)33(46)38-15-17-39(18-16-38)34(47)48-6-2/h9-10,19-20,22,24,27H,5-8,11-18H2,1-4H3,(H,35,44)(H,37,43)(H,41,42)/t22-,24?,27?/m1/s1. The van der Waals surface area contributed by atoms with Gasteiger partial charge in [0.2, 0.25) is 11.8 Å². The highest BCUT2D eigenvalue weighted by atomic mass is 16.6. The maximum atomic E-state index is 13.7. The summed E-state index contributed by atoms with van der Waals surface area (Å²) in [7, 11) is 0. The number of carbonyl (C=O) groups is 6. The van der Waals surface area contributed by atoms with E-state index in [1.165, 1.54) is 20.8 Å².